The van der Waals surface area contributed by atoms with Crippen LogP contribution in [0.3, 0.4) is 0 Å². The molecule has 0 fully saturated rings. The summed E-state index contributed by atoms with van der Waals surface area (Å²) in [6.07, 6.45) is 0. The summed E-state index contributed by atoms with van der Waals surface area (Å²) in [7, 11) is 3.49. The van der Waals surface area contributed by atoms with Crippen molar-refractivity contribution in [1.29, 1.82) is 0 Å². The van der Waals surface area contributed by atoms with Gasteiger partial charge in [0.2, 0.25) is 0 Å². The lowest BCUT2D eigenvalue weighted by molar-refractivity contribution is 0.0827. The average Bonchev–Trinajstić information content (AvgIpc) is 3.23. The number of hydrogen-bond donors (Lipinski definition) is 2. The van der Waals surface area contributed by atoms with E-state index in [4.69, 9.17) is 4.98 Å². The molecule has 0 saturated carbocycles. The van der Waals surface area contributed by atoms with E-state index in [1.165, 1.54) is 0 Å². The summed E-state index contributed by atoms with van der Waals surface area (Å²) in [6.45, 7) is 4.00. The highest BCUT2D eigenvalue weighted by Crippen LogP contribution is 2.30. The molecule has 4 rings (SSSR count). The largest absolute Gasteiger partial charge is 0.345 e. The summed E-state index contributed by atoms with van der Waals surface area (Å²) >= 11 is 0. The van der Waals surface area contributed by atoms with Crippen molar-refractivity contribution in [3.8, 4) is 22.8 Å². The predicted molar refractivity (Wildman–Crippen MR) is 107 cm³/mol. The molecule has 0 spiro atoms. The molecule has 6 heteroatoms. The van der Waals surface area contributed by atoms with Gasteiger partial charge < -0.3 is 14.9 Å². The molecule has 2 aromatic heterocycles. The fourth-order valence-electron chi connectivity index (χ4n) is 3.10. The van der Waals surface area contributed by atoms with Crippen molar-refractivity contribution < 1.29 is 4.79 Å². The first-order valence-electron chi connectivity index (χ1n) is 8.78. The van der Waals surface area contributed by atoms with E-state index in [0.29, 0.717) is 5.56 Å². The Hall–Kier alpha value is -3.41. The molecule has 0 bridgehead atoms. The maximum absolute atomic E-state index is 12.2. The third-order valence-corrected chi connectivity index (χ3v) is 4.70. The monoisotopic (exact) mass is 359 g/mol. The fraction of sp³-hybridized carbons (Fsp3) is 0.190. The Morgan fingerprint density at radius 2 is 1.59 bits per heavy atom. The standard InChI is InChI=1S/C21H21N5O/c1-12-13(2)23-19(22-12)15-7-5-6-8-16(15)20-24-17-10-9-14(11-18(17)25-20)21(27)26(3)4/h5-11H,1-4H3,(H,22,23)(H,24,25). The maximum atomic E-state index is 12.2. The van der Waals surface area contributed by atoms with Crippen molar-refractivity contribution in [2.45, 2.75) is 13.8 Å². The van der Waals surface area contributed by atoms with Crippen molar-refractivity contribution in [3.05, 3.63) is 59.4 Å². The van der Waals surface area contributed by atoms with Gasteiger partial charge in [-0.3, -0.25) is 4.79 Å². The lowest BCUT2D eigenvalue weighted by atomic mass is 10.1. The molecule has 0 unspecified atom stereocenters. The number of nitrogens with zero attached hydrogens (tertiary/aromatic N) is 3. The number of fused-ring (bicyclic) bond motifs is 1. The highest BCUT2D eigenvalue weighted by molar-refractivity contribution is 5.97. The van der Waals surface area contributed by atoms with Crippen LogP contribution in [0.2, 0.25) is 0 Å². The van der Waals surface area contributed by atoms with Crippen molar-refractivity contribution in [3.63, 3.8) is 0 Å². The zero-order valence-electron chi connectivity index (χ0n) is 15.8. The van der Waals surface area contributed by atoms with E-state index in [1.807, 2.05) is 50.2 Å². The second-order valence-corrected chi connectivity index (χ2v) is 6.86. The number of imidazole rings is 2. The van der Waals surface area contributed by atoms with Crippen LogP contribution in [0, 0.1) is 13.8 Å². The molecule has 6 nitrogen and oxygen atoms in total. The van der Waals surface area contributed by atoms with E-state index in [0.717, 1.165) is 45.2 Å². The summed E-state index contributed by atoms with van der Waals surface area (Å²) in [5.41, 5.74) is 6.27. The molecular weight excluding hydrogens is 338 g/mol. The Morgan fingerprint density at radius 3 is 2.19 bits per heavy atom. The SMILES string of the molecule is Cc1nc(-c2ccccc2-c2nc3ccc(C(=O)N(C)C)cc3[nH]2)[nH]c1C. The molecule has 27 heavy (non-hydrogen) atoms. The van der Waals surface area contributed by atoms with Gasteiger partial charge in [-0.25, -0.2) is 9.97 Å². The Bertz CT molecular complexity index is 1130. The summed E-state index contributed by atoms with van der Waals surface area (Å²) < 4.78 is 0. The average molecular weight is 359 g/mol. The van der Waals surface area contributed by atoms with Gasteiger partial charge in [-0.2, -0.15) is 0 Å². The van der Waals surface area contributed by atoms with Crippen LogP contribution in [0.4, 0.5) is 0 Å². The van der Waals surface area contributed by atoms with Crippen LogP contribution in [0.5, 0.6) is 0 Å². The third kappa shape index (κ3) is 2.99. The van der Waals surface area contributed by atoms with Crippen molar-refractivity contribution in [2.75, 3.05) is 14.1 Å². The fourth-order valence-corrected chi connectivity index (χ4v) is 3.10. The second kappa shape index (κ2) is 6.39. The predicted octanol–water partition coefficient (Wildman–Crippen LogP) is 3.94. The lowest BCUT2D eigenvalue weighted by Crippen LogP contribution is -2.21. The third-order valence-electron chi connectivity index (χ3n) is 4.70. The second-order valence-electron chi connectivity index (χ2n) is 6.86. The van der Waals surface area contributed by atoms with Crippen molar-refractivity contribution in [1.82, 2.24) is 24.8 Å². The van der Waals surface area contributed by atoms with Crippen LogP contribution in [-0.2, 0) is 0 Å². The number of rotatable bonds is 3. The summed E-state index contributed by atoms with van der Waals surface area (Å²) in [5.74, 6) is 1.54. The number of carbonyl (C=O) groups is 1. The highest BCUT2D eigenvalue weighted by Gasteiger charge is 2.15. The minimum atomic E-state index is -0.0324. The van der Waals surface area contributed by atoms with Gasteiger partial charge in [0.05, 0.1) is 16.7 Å². The van der Waals surface area contributed by atoms with E-state index < -0.39 is 0 Å². The van der Waals surface area contributed by atoms with Crippen LogP contribution < -0.4 is 0 Å². The lowest BCUT2D eigenvalue weighted by Gasteiger charge is -2.09. The van der Waals surface area contributed by atoms with Crippen LogP contribution >= 0.6 is 0 Å². The minimum absolute atomic E-state index is 0.0324. The topological polar surface area (TPSA) is 77.7 Å². The van der Waals surface area contributed by atoms with Crippen molar-refractivity contribution >= 4 is 16.9 Å². The van der Waals surface area contributed by atoms with Gasteiger partial charge >= 0.3 is 0 Å². The van der Waals surface area contributed by atoms with Crippen LogP contribution in [0.25, 0.3) is 33.8 Å². The summed E-state index contributed by atoms with van der Waals surface area (Å²) in [4.78, 5) is 29.8. The number of benzene rings is 2. The van der Waals surface area contributed by atoms with Gasteiger partial charge in [0.25, 0.3) is 5.91 Å². The molecule has 136 valence electrons. The number of amides is 1. The Balaban J connectivity index is 1.82. The molecular formula is C21H21N5O. The van der Waals surface area contributed by atoms with E-state index in [9.17, 15) is 4.79 Å². The minimum Gasteiger partial charge on any atom is -0.345 e. The number of aromatic amines is 2. The molecule has 2 heterocycles. The Labute approximate surface area is 157 Å². The molecule has 0 atom stereocenters. The van der Waals surface area contributed by atoms with E-state index in [1.54, 1.807) is 25.1 Å². The van der Waals surface area contributed by atoms with E-state index >= 15 is 0 Å². The molecule has 2 aromatic carbocycles. The van der Waals surface area contributed by atoms with Gasteiger partial charge in [0.1, 0.15) is 11.6 Å². The smallest absolute Gasteiger partial charge is 0.253 e. The molecule has 0 aliphatic carbocycles. The van der Waals surface area contributed by atoms with Gasteiger partial charge in [0.15, 0.2) is 0 Å². The van der Waals surface area contributed by atoms with Gasteiger partial charge in [0, 0.05) is 36.5 Å². The van der Waals surface area contributed by atoms with Gasteiger partial charge in [-0.05, 0) is 32.0 Å². The summed E-state index contributed by atoms with van der Waals surface area (Å²) in [6, 6.07) is 13.5. The maximum Gasteiger partial charge on any atom is 0.253 e. The van der Waals surface area contributed by atoms with Gasteiger partial charge in [-0.15, -0.1) is 0 Å². The van der Waals surface area contributed by atoms with Crippen LogP contribution in [0.1, 0.15) is 21.7 Å². The van der Waals surface area contributed by atoms with Crippen LogP contribution in [-0.4, -0.2) is 44.8 Å². The number of H-pyrrole nitrogens is 2. The highest BCUT2D eigenvalue weighted by atomic mass is 16.2. The summed E-state index contributed by atoms with van der Waals surface area (Å²) in [5, 5.41) is 0. The number of hydrogen-bond acceptors (Lipinski definition) is 3. The Morgan fingerprint density at radius 1 is 0.926 bits per heavy atom. The van der Waals surface area contributed by atoms with E-state index in [-0.39, 0.29) is 5.91 Å². The zero-order chi connectivity index (χ0) is 19.1. The van der Waals surface area contributed by atoms with Crippen LogP contribution in [0.15, 0.2) is 42.5 Å². The molecule has 4 aromatic rings. The number of aryl methyl sites for hydroxylation is 2. The number of nitrogens with one attached hydrogen (secondary N) is 2. The number of aromatic nitrogens is 4. The quantitative estimate of drug-likeness (QED) is 0.582. The van der Waals surface area contributed by atoms with E-state index in [2.05, 4.69) is 15.0 Å². The first-order valence-corrected chi connectivity index (χ1v) is 8.78. The molecule has 1 amide bonds. The first kappa shape index (κ1) is 17.0. The Kier molecular flexibility index (Phi) is 4.03. The molecule has 0 radical (unpaired) electrons. The normalized spacial score (nSPS) is 11.1. The molecule has 2 N–H and O–H groups in total. The molecule has 0 saturated heterocycles. The van der Waals surface area contributed by atoms with Gasteiger partial charge in [-0.1, -0.05) is 24.3 Å². The zero-order valence-corrected chi connectivity index (χ0v) is 15.8. The number of carbonyl (C=O) groups excluding carboxylic acids is 1. The van der Waals surface area contributed by atoms with Crippen molar-refractivity contribution in [2.24, 2.45) is 0 Å². The first-order chi connectivity index (χ1) is 12.9. The molecule has 0 aliphatic rings. The molecule has 0 aliphatic heterocycles.